The van der Waals surface area contributed by atoms with Crippen LogP contribution in [0.3, 0.4) is 0 Å². The zero-order valence-electron chi connectivity index (χ0n) is 9.74. The first kappa shape index (κ1) is 11.6. The highest BCUT2D eigenvalue weighted by atomic mass is 16.3. The number of anilines is 1. The number of nitrogens with zero attached hydrogens (tertiary/aromatic N) is 3. The molecule has 3 N–H and O–H groups in total. The lowest BCUT2D eigenvalue weighted by Crippen LogP contribution is -2.12. The van der Waals surface area contributed by atoms with Crippen molar-refractivity contribution in [3.8, 4) is 0 Å². The molecule has 0 aliphatic rings. The molecule has 0 aromatic carbocycles. The Morgan fingerprint density at radius 3 is 2.94 bits per heavy atom. The van der Waals surface area contributed by atoms with Gasteiger partial charge in [0.25, 0.3) is 0 Å². The molecule has 0 saturated heterocycles. The first-order chi connectivity index (χ1) is 8.24. The van der Waals surface area contributed by atoms with Crippen LogP contribution < -0.4 is 5.73 Å². The molecule has 0 bridgehead atoms. The van der Waals surface area contributed by atoms with E-state index in [1.54, 1.807) is 35.3 Å². The van der Waals surface area contributed by atoms with E-state index in [4.69, 9.17) is 5.73 Å². The average molecular weight is 232 g/mol. The molecule has 5 nitrogen and oxygen atoms in total. The largest absolute Gasteiger partial charge is 0.383 e. The minimum Gasteiger partial charge on any atom is -0.383 e. The molecule has 0 spiro atoms. The van der Waals surface area contributed by atoms with Crippen LogP contribution in [0.15, 0.2) is 30.6 Å². The Morgan fingerprint density at radius 2 is 2.24 bits per heavy atom. The predicted molar refractivity (Wildman–Crippen MR) is 65.2 cm³/mol. The Labute approximate surface area is 99.9 Å². The zero-order chi connectivity index (χ0) is 12.3. The number of nitrogens with two attached hydrogens (primary N) is 1. The Morgan fingerprint density at radius 1 is 1.41 bits per heavy atom. The summed E-state index contributed by atoms with van der Waals surface area (Å²) >= 11 is 0. The number of aryl methyl sites for hydroxylation is 1. The molecular weight excluding hydrogens is 216 g/mol. The van der Waals surface area contributed by atoms with Gasteiger partial charge in [-0.3, -0.25) is 4.68 Å². The maximum absolute atomic E-state index is 10.3. The highest BCUT2D eigenvalue weighted by Crippen LogP contribution is 2.24. The summed E-state index contributed by atoms with van der Waals surface area (Å²) in [6, 6.07) is 5.33. The third-order valence-electron chi connectivity index (χ3n) is 2.63. The molecule has 0 radical (unpaired) electrons. The summed E-state index contributed by atoms with van der Waals surface area (Å²) in [6.45, 7) is 2.84. The van der Waals surface area contributed by atoms with Crippen molar-refractivity contribution in [2.75, 3.05) is 5.73 Å². The van der Waals surface area contributed by atoms with Crippen molar-refractivity contribution in [2.24, 2.45) is 0 Å². The smallest absolute Gasteiger partial charge is 0.129 e. The molecule has 0 aliphatic carbocycles. The van der Waals surface area contributed by atoms with Crippen LogP contribution in [0.25, 0.3) is 0 Å². The Bertz CT molecular complexity index is 495. The normalized spacial score (nSPS) is 12.6. The maximum Gasteiger partial charge on any atom is 0.129 e. The van der Waals surface area contributed by atoms with Gasteiger partial charge in [-0.1, -0.05) is 13.0 Å². The minimum atomic E-state index is -0.780. The average Bonchev–Trinajstić information content (AvgIpc) is 2.78. The second-order valence-electron chi connectivity index (χ2n) is 3.86. The van der Waals surface area contributed by atoms with E-state index in [-0.39, 0.29) is 0 Å². The first-order valence-electron chi connectivity index (χ1n) is 5.64. The fourth-order valence-electron chi connectivity index (χ4n) is 1.79. The number of aromatic nitrogens is 3. The molecule has 1 unspecified atom stereocenters. The summed E-state index contributed by atoms with van der Waals surface area (Å²) in [5.74, 6) is 0.351. The number of aliphatic hydroxyl groups excluding tert-OH is 1. The van der Waals surface area contributed by atoms with Crippen molar-refractivity contribution in [1.82, 2.24) is 14.8 Å². The summed E-state index contributed by atoms with van der Waals surface area (Å²) in [6.07, 6.45) is 3.47. The molecule has 0 saturated carbocycles. The zero-order valence-corrected chi connectivity index (χ0v) is 9.74. The SMILES string of the molecule is CCCn1nccc1C(O)c1cccnc1N. The van der Waals surface area contributed by atoms with Crippen LogP contribution >= 0.6 is 0 Å². The molecule has 2 aromatic rings. The molecule has 2 heterocycles. The summed E-state index contributed by atoms with van der Waals surface area (Å²) < 4.78 is 1.79. The van der Waals surface area contributed by atoms with Gasteiger partial charge in [-0.15, -0.1) is 0 Å². The lowest BCUT2D eigenvalue weighted by molar-refractivity contribution is 0.208. The van der Waals surface area contributed by atoms with E-state index in [9.17, 15) is 5.11 Å². The fourth-order valence-corrected chi connectivity index (χ4v) is 1.79. The highest BCUT2D eigenvalue weighted by Gasteiger charge is 2.17. The van der Waals surface area contributed by atoms with Gasteiger partial charge in [0.2, 0.25) is 0 Å². The van der Waals surface area contributed by atoms with Crippen molar-refractivity contribution in [3.63, 3.8) is 0 Å². The summed E-state index contributed by atoms with van der Waals surface area (Å²) in [5.41, 5.74) is 7.11. The molecular formula is C12H16N4O. The minimum absolute atomic E-state index is 0.351. The summed E-state index contributed by atoms with van der Waals surface area (Å²) in [5, 5.41) is 14.5. The van der Waals surface area contributed by atoms with Crippen LogP contribution in [-0.2, 0) is 6.54 Å². The number of pyridine rings is 1. The van der Waals surface area contributed by atoms with Gasteiger partial charge >= 0.3 is 0 Å². The standard InChI is InChI=1S/C12H16N4O/c1-2-8-16-10(5-7-15-16)11(17)9-4-3-6-14-12(9)13/h3-7,11,17H,2,8H2,1H3,(H2,13,14). The van der Waals surface area contributed by atoms with Gasteiger partial charge in [-0.05, 0) is 18.6 Å². The first-order valence-corrected chi connectivity index (χ1v) is 5.64. The number of nitrogen functional groups attached to an aromatic ring is 1. The van der Waals surface area contributed by atoms with E-state index in [0.717, 1.165) is 18.7 Å². The van der Waals surface area contributed by atoms with Crippen LogP contribution in [0.1, 0.15) is 30.7 Å². The van der Waals surface area contributed by atoms with Gasteiger partial charge in [-0.2, -0.15) is 5.10 Å². The number of rotatable bonds is 4. The van der Waals surface area contributed by atoms with Crippen LogP contribution in [-0.4, -0.2) is 19.9 Å². The van der Waals surface area contributed by atoms with E-state index in [1.165, 1.54) is 0 Å². The summed E-state index contributed by atoms with van der Waals surface area (Å²) in [7, 11) is 0. The second kappa shape index (κ2) is 4.97. The quantitative estimate of drug-likeness (QED) is 0.834. The highest BCUT2D eigenvalue weighted by molar-refractivity contribution is 5.43. The van der Waals surface area contributed by atoms with Crippen LogP contribution in [0.5, 0.6) is 0 Å². The third-order valence-corrected chi connectivity index (χ3v) is 2.63. The lowest BCUT2D eigenvalue weighted by Gasteiger charge is -2.14. The van der Waals surface area contributed by atoms with E-state index < -0.39 is 6.10 Å². The van der Waals surface area contributed by atoms with Gasteiger partial charge in [0.1, 0.15) is 11.9 Å². The number of aliphatic hydroxyl groups is 1. The molecule has 2 aromatic heterocycles. The molecule has 0 aliphatic heterocycles. The molecule has 1 atom stereocenters. The van der Waals surface area contributed by atoms with Crippen molar-refractivity contribution >= 4 is 5.82 Å². The van der Waals surface area contributed by atoms with E-state index in [1.807, 2.05) is 0 Å². The molecule has 90 valence electrons. The van der Waals surface area contributed by atoms with Gasteiger partial charge in [0, 0.05) is 24.5 Å². The molecule has 17 heavy (non-hydrogen) atoms. The van der Waals surface area contributed by atoms with E-state index >= 15 is 0 Å². The van der Waals surface area contributed by atoms with Crippen molar-refractivity contribution in [2.45, 2.75) is 26.0 Å². The van der Waals surface area contributed by atoms with Crippen LogP contribution in [0.4, 0.5) is 5.82 Å². The second-order valence-corrected chi connectivity index (χ2v) is 3.86. The Balaban J connectivity index is 2.34. The van der Waals surface area contributed by atoms with Crippen molar-refractivity contribution in [1.29, 1.82) is 0 Å². The van der Waals surface area contributed by atoms with Crippen molar-refractivity contribution in [3.05, 3.63) is 41.9 Å². The van der Waals surface area contributed by atoms with Gasteiger partial charge in [0.05, 0.1) is 5.69 Å². The van der Waals surface area contributed by atoms with Crippen LogP contribution in [0.2, 0.25) is 0 Å². The van der Waals surface area contributed by atoms with E-state index in [2.05, 4.69) is 17.0 Å². The number of hydrogen-bond donors (Lipinski definition) is 2. The maximum atomic E-state index is 10.3. The van der Waals surface area contributed by atoms with Gasteiger partial charge in [-0.25, -0.2) is 4.98 Å². The third kappa shape index (κ3) is 2.29. The lowest BCUT2D eigenvalue weighted by atomic mass is 10.1. The summed E-state index contributed by atoms with van der Waals surface area (Å²) in [4.78, 5) is 3.97. The topological polar surface area (TPSA) is 77.0 Å². The monoisotopic (exact) mass is 232 g/mol. The molecule has 2 rings (SSSR count). The molecule has 0 amide bonds. The van der Waals surface area contributed by atoms with Crippen molar-refractivity contribution < 1.29 is 5.11 Å². The molecule has 5 heteroatoms. The Hall–Kier alpha value is -1.88. The fraction of sp³-hybridized carbons (Fsp3) is 0.333. The Kier molecular flexibility index (Phi) is 3.39. The van der Waals surface area contributed by atoms with Gasteiger partial charge in [0.15, 0.2) is 0 Å². The van der Waals surface area contributed by atoms with Gasteiger partial charge < -0.3 is 10.8 Å². The number of hydrogen-bond acceptors (Lipinski definition) is 4. The van der Waals surface area contributed by atoms with E-state index in [0.29, 0.717) is 11.4 Å². The predicted octanol–water partition coefficient (Wildman–Crippen LogP) is 1.35. The van der Waals surface area contributed by atoms with Crippen LogP contribution in [0, 0.1) is 0 Å². The molecule has 0 fully saturated rings.